The molecule has 4 nitrogen and oxygen atoms in total. The van der Waals surface area contributed by atoms with Gasteiger partial charge >= 0.3 is 0 Å². The molecule has 4 rings (SSSR count). The van der Waals surface area contributed by atoms with Crippen molar-refractivity contribution in [2.24, 2.45) is 28.6 Å². The Hall–Kier alpha value is -1.45. The van der Waals surface area contributed by atoms with Gasteiger partial charge in [0.05, 0.1) is 0 Å². The first-order chi connectivity index (χ1) is 12.6. The fraction of sp³-hybridized carbons (Fsp3) is 0.783. The number of carbonyl (C=O) groups is 3. The summed E-state index contributed by atoms with van der Waals surface area (Å²) in [5.74, 6) is 2.98. The molecule has 0 spiro atoms. The van der Waals surface area contributed by atoms with E-state index in [1.807, 2.05) is 6.08 Å². The molecule has 4 aliphatic carbocycles. The third-order valence-corrected chi connectivity index (χ3v) is 8.30. The van der Waals surface area contributed by atoms with Crippen molar-refractivity contribution in [3.05, 3.63) is 11.6 Å². The van der Waals surface area contributed by atoms with Crippen molar-refractivity contribution in [3.63, 3.8) is 0 Å². The van der Waals surface area contributed by atoms with Crippen LogP contribution >= 0.6 is 0 Å². The minimum Gasteiger partial charge on any atom is -0.349 e. The molecule has 0 saturated heterocycles. The lowest BCUT2D eigenvalue weighted by Gasteiger charge is -2.56. The van der Waals surface area contributed by atoms with E-state index >= 15 is 0 Å². The molecule has 3 saturated carbocycles. The molecule has 0 heterocycles. The third kappa shape index (κ3) is 3.40. The zero-order chi connectivity index (χ0) is 20.0. The molecule has 0 bridgehead atoms. The van der Waals surface area contributed by atoms with Crippen LogP contribution in [0.3, 0.4) is 0 Å². The maximum atomic E-state index is 12.4. The molecule has 0 unspecified atom stereocenters. The molecular weight excluding hydrogens is 338 g/mol. The second-order valence-electron chi connectivity index (χ2n) is 9.80. The molecule has 150 valence electrons. The van der Waals surface area contributed by atoms with Gasteiger partial charge in [-0.15, -0.1) is 0 Å². The van der Waals surface area contributed by atoms with Crippen LogP contribution in [0.25, 0.3) is 0 Å². The summed E-state index contributed by atoms with van der Waals surface area (Å²) in [6, 6.07) is 0. The highest BCUT2D eigenvalue weighted by atomic mass is 16.2. The molecule has 0 radical (unpaired) electrons. The Labute approximate surface area is 163 Å². The lowest BCUT2D eigenvalue weighted by molar-refractivity contribution is -0.132. The van der Waals surface area contributed by atoms with Crippen molar-refractivity contribution in [2.75, 3.05) is 14.1 Å². The van der Waals surface area contributed by atoms with E-state index in [1.54, 1.807) is 14.1 Å². The topological polar surface area (TPSA) is 54.5 Å². The van der Waals surface area contributed by atoms with Gasteiger partial charge in [0.1, 0.15) is 5.78 Å². The van der Waals surface area contributed by atoms with Crippen LogP contribution < -0.4 is 0 Å². The Morgan fingerprint density at radius 3 is 2.22 bits per heavy atom. The van der Waals surface area contributed by atoms with Crippen LogP contribution in [-0.2, 0) is 14.4 Å². The monoisotopic (exact) mass is 373 g/mol. The highest BCUT2D eigenvalue weighted by molar-refractivity contribution is 5.91. The van der Waals surface area contributed by atoms with Gasteiger partial charge in [-0.25, -0.2) is 0 Å². The molecule has 0 aromatic heterocycles. The van der Waals surface area contributed by atoms with Crippen molar-refractivity contribution in [1.82, 2.24) is 4.90 Å². The Morgan fingerprint density at radius 2 is 1.59 bits per heavy atom. The first-order valence-corrected chi connectivity index (χ1v) is 10.5. The fourth-order valence-electron chi connectivity index (χ4n) is 6.33. The van der Waals surface area contributed by atoms with Gasteiger partial charge in [0.15, 0.2) is 5.78 Å². The zero-order valence-electron chi connectivity index (χ0n) is 17.6. The minimum atomic E-state index is -0.0246. The Balaban J connectivity index is 0.000000307. The number of Topliss-reactive ketones (excluding diaryl/α,β-unsaturated/α-hetero) is 1. The van der Waals surface area contributed by atoms with Crippen molar-refractivity contribution < 1.29 is 14.4 Å². The summed E-state index contributed by atoms with van der Waals surface area (Å²) in [4.78, 5) is 35.7. The largest absolute Gasteiger partial charge is 0.349 e. The van der Waals surface area contributed by atoms with Crippen molar-refractivity contribution >= 4 is 17.5 Å². The summed E-state index contributed by atoms with van der Waals surface area (Å²) >= 11 is 0. The quantitative estimate of drug-likeness (QED) is 0.640. The molecular formula is C23H35NO3. The summed E-state index contributed by atoms with van der Waals surface area (Å²) in [6.07, 6.45) is 10.2. The summed E-state index contributed by atoms with van der Waals surface area (Å²) in [5, 5.41) is 0. The van der Waals surface area contributed by atoms with E-state index in [2.05, 4.69) is 13.8 Å². The van der Waals surface area contributed by atoms with Gasteiger partial charge < -0.3 is 4.90 Å². The predicted molar refractivity (Wildman–Crippen MR) is 106 cm³/mol. The van der Waals surface area contributed by atoms with Crippen LogP contribution in [0.4, 0.5) is 0 Å². The van der Waals surface area contributed by atoms with E-state index in [0.29, 0.717) is 29.3 Å². The molecule has 5 atom stereocenters. The van der Waals surface area contributed by atoms with E-state index in [4.69, 9.17) is 0 Å². The average molecular weight is 374 g/mol. The fourth-order valence-corrected chi connectivity index (χ4v) is 6.33. The summed E-state index contributed by atoms with van der Waals surface area (Å²) < 4.78 is 0. The predicted octanol–water partition coefficient (Wildman–Crippen LogP) is 4.18. The van der Waals surface area contributed by atoms with Crippen molar-refractivity contribution in [1.29, 1.82) is 0 Å². The third-order valence-electron chi connectivity index (χ3n) is 8.30. The van der Waals surface area contributed by atoms with Gasteiger partial charge in [-0.1, -0.05) is 19.4 Å². The summed E-state index contributed by atoms with van der Waals surface area (Å²) in [6.45, 7) is 6.17. The van der Waals surface area contributed by atoms with Gasteiger partial charge in [-0.3, -0.25) is 14.4 Å². The summed E-state index contributed by atoms with van der Waals surface area (Å²) in [7, 11) is 3.45. The first kappa shape index (κ1) is 20.3. The molecule has 1 amide bonds. The highest BCUT2D eigenvalue weighted by Gasteiger charge is 2.58. The van der Waals surface area contributed by atoms with Gasteiger partial charge in [-0.2, -0.15) is 0 Å². The van der Waals surface area contributed by atoms with E-state index in [0.717, 1.165) is 38.5 Å². The van der Waals surface area contributed by atoms with E-state index in [-0.39, 0.29) is 16.7 Å². The Morgan fingerprint density at radius 1 is 0.963 bits per heavy atom. The molecule has 27 heavy (non-hydrogen) atoms. The van der Waals surface area contributed by atoms with Crippen LogP contribution in [0, 0.1) is 28.6 Å². The lowest BCUT2D eigenvalue weighted by atomic mass is 9.47. The highest BCUT2D eigenvalue weighted by Crippen LogP contribution is 2.64. The molecule has 4 aliphatic rings. The first-order valence-electron chi connectivity index (χ1n) is 10.5. The molecule has 0 aromatic rings. The van der Waals surface area contributed by atoms with Crippen LogP contribution in [0.1, 0.15) is 72.1 Å². The molecule has 3 fully saturated rings. The van der Waals surface area contributed by atoms with E-state index in [9.17, 15) is 14.4 Å². The second-order valence-corrected chi connectivity index (χ2v) is 9.80. The van der Waals surface area contributed by atoms with Crippen LogP contribution in [0.15, 0.2) is 11.6 Å². The van der Waals surface area contributed by atoms with Crippen molar-refractivity contribution in [2.45, 2.75) is 72.1 Å². The maximum absolute atomic E-state index is 12.4. The van der Waals surface area contributed by atoms with Crippen LogP contribution in [0.5, 0.6) is 0 Å². The summed E-state index contributed by atoms with van der Waals surface area (Å²) in [5.41, 5.74) is 1.64. The second kappa shape index (κ2) is 7.18. The van der Waals surface area contributed by atoms with Crippen LogP contribution in [0.2, 0.25) is 0 Å². The SMILES string of the molecule is CC(=O)N(C)C.C[C@]12CCC(=O)C=C1CC[C@@H]1[C@@H]2CC[C@]2(C)C(=O)CC[C@@H]12. The normalized spacial score (nSPS) is 40.0. The molecule has 0 aromatic carbocycles. The standard InChI is InChI=1S/C19H26O2.C4H9NO/c1-18-9-7-13(20)11-12(18)3-4-14-15-5-6-17(21)19(15,2)10-8-16(14)18;1-4(6)5(2)3/h11,14-16H,3-10H2,1-2H3;1-3H3/t14-,15-,16-,18-,19-;/m0./s1. The smallest absolute Gasteiger partial charge is 0.218 e. The maximum Gasteiger partial charge on any atom is 0.218 e. The average Bonchev–Trinajstić information content (AvgIpc) is 2.91. The number of nitrogens with zero attached hydrogens (tertiary/aromatic N) is 1. The number of hydrogen-bond acceptors (Lipinski definition) is 3. The molecule has 0 aliphatic heterocycles. The number of amides is 1. The van der Waals surface area contributed by atoms with Crippen molar-refractivity contribution in [3.8, 4) is 0 Å². The Bertz CT molecular complexity index is 679. The molecule has 4 heteroatoms. The lowest BCUT2D eigenvalue weighted by Crippen LogP contribution is -2.50. The number of allylic oxidation sites excluding steroid dienone is 1. The van der Waals surface area contributed by atoms with Gasteiger partial charge in [0.2, 0.25) is 5.91 Å². The Kier molecular flexibility index (Phi) is 5.39. The number of rotatable bonds is 0. The number of fused-ring (bicyclic) bond motifs is 5. The van der Waals surface area contributed by atoms with E-state index in [1.165, 1.54) is 30.2 Å². The van der Waals surface area contributed by atoms with Gasteiger partial charge in [0.25, 0.3) is 0 Å². The van der Waals surface area contributed by atoms with E-state index < -0.39 is 0 Å². The van der Waals surface area contributed by atoms with Gasteiger partial charge in [-0.05, 0) is 67.8 Å². The van der Waals surface area contributed by atoms with Crippen LogP contribution in [-0.4, -0.2) is 36.5 Å². The minimum absolute atomic E-state index is 0.0246. The zero-order valence-corrected chi connectivity index (χ0v) is 17.6. The number of ketones is 2. The number of hydrogen-bond donors (Lipinski definition) is 0. The number of carbonyl (C=O) groups excluding carboxylic acids is 3. The van der Waals surface area contributed by atoms with Gasteiger partial charge in [0, 0.05) is 39.3 Å². The molecule has 0 N–H and O–H groups in total.